The van der Waals surface area contributed by atoms with Crippen LogP contribution in [-0.2, 0) is 14.4 Å². The maximum atomic E-state index is 1.93. The van der Waals surface area contributed by atoms with Gasteiger partial charge in [0.15, 0.2) is 0 Å². The zero-order chi connectivity index (χ0) is 3.54. The van der Waals surface area contributed by atoms with Crippen LogP contribution in [0.5, 0.6) is 0 Å². The fraction of sp³-hybridized carbons (Fsp3) is 1.00. The molecule has 0 spiro atoms. The molecule has 1 aliphatic rings. The summed E-state index contributed by atoms with van der Waals surface area (Å²) < 4.78 is 0. The van der Waals surface area contributed by atoms with Gasteiger partial charge in [0.2, 0.25) is 0 Å². The SMILES string of the molecule is C1C[CH2][Ni][CH2]1. The molecule has 0 aromatic rings. The molecule has 0 nitrogen and oxygen atoms in total. The normalized spacial score (nSPS) is 25.6. The first-order chi connectivity index (χ1) is 2.50. The molecular formula is C4H8Ni. The van der Waals surface area contributed by atoms with Gasteiger partial charge in [0.25, 0.3) is 0 Å². The van der Waals surface area contributed by atoms with E-state index >= 15 is 0 Å². The molecule has 34 valence electrons. The van der Waals surface area contributed by atoms with E-state index in [1.165, 1.54) is 23.6 Å². The van der Waals surface area contributed by atoms with Crippen LogP contribution < -0.4 is 0 Å². The first kappa shape index (κ1) is 3.68. The van der Waals surface area contributed by atoms with Crippen molar-refractivity contribution in [3.05, 3.63) is 0 Å². The van der Waals surface area contributed by atoms with Crippen molar-refractivity contribution in [3.8, 4) is 0 Å². The molecule has 1 saturated heterocycles. The Morgan fingerprint density at radius 3 is 1.80 bits per heavy atom. The van der Waals surface area contributed by atoms with Crippen molar-refractivity contribution in [1.29, 1.82) is 0 Å². The zero-order valence-corrected chi connectivity index (χ0v) is 4.13. The summed E-state index contributed by atoms with van der Waals surface area (Å²) in [5.74, 6) is 0. The number of hydrogen-bond donors (Lipinski definition) is 0. The Morgan fingerprint density at radius 1 is 1.00 bits per heavy atom. The minimum atomic E-state index is 1.44. The van der Waals surface area contributed by atoms with Crippen molar-refractivity contribution in [2.24, 2.45) is 0 Å². The van der Waals surface area contributed by atoms with Crippen LogP contribution in [0.4, 0.5) is 0 Å². The molecule has 0 aliphatic carbocycles. The minimum absolute atomic E-state index is 1.44. The van der Waals surface area contributed by atoms with E-state index in [1.54, 1.807) is 0 Å². The average Bonchev–Trinajstić information content (AvgIpc) is 1.76. The van der Waals surface area contributed by atoms with Gasteiger partial charge in [-0.05, 0) is 0 Å². The monoisotopic (exact) mass is 114 g/mol. The second-order valence-corrected chi connectivity index (χ2v) is 2.66. The molecule has 1 heteroatoms. The third-order valence-electron chi connectivity index (χ3n) is 0.697. The van der Waals surface area contributed by atoms with E-state index in [-0.39, 0.29) is 0 Å². The van der Waals surface area contributed by atoms with E-state index in [9.17, 15) is 0 Å². The van der Waals surface area contributed by atoms with E-state index in [1.807, 2.05) is 14.4 Å². The molecule has 0 atom stereocenters. The molecule has 0 saturated carbocycles. The molecule has 0 N–H and O–H groups in total. The second-order valence-electron chi connectivity index (χ2n) is 1.18. The first-order valence-corrected chi connectivity index (χ1v) is 3.34. The molecule has 1 fully saturated rings. The third kappa shape index (κ3) is 0.926. The van der Waals surface area contributed by atoms with Crippen molar-refractivity contribution in [2.45, 2.75) is 23.6 Å². The molecule has 0 bridgehead atoms. The number of hydrogen-bond acceptors (Lipinski definition) is 0. The van der Waals surface area contributed by atoms with E-state index in [0.29, 0.717) is 0 Å². The van der Waals surface area contributed by atoms with Crippen LogP contribution in [0.2, 0.25) is 10.8 Å². The predicted octanol–water partition coefficient (Wildman–Crippen LogP) is 1.70. The molecule has 0 unspecified atom stereocenters. The van der Waals surface area contributed by atoms with Gasteiger partial charge in [0, 0.05) is 0 Å². The summed E-state index contributed by atoms with van der Waals surface area (Å²) >= 11 is 1.93. The van der Waals surface area contributed by atoms with Crippen molar-refractivity contribution < 1.29 is 14.4 Å². The van der Waals surface area contributed by atoms with Crippen LogP contribution >= 0.6 is 0 Å². The van der Waals surface area contributed by atoms with Crippen LogP contribution in [0.15, 0.2) is 0 Å². The van der Waals surface area contributed by atoms with Gasteiger partial charge in [0.05, 0.1) is 0 Å². The van der Waals surface area contributed by atoms with E-state index in [0.717, 1.165) is 0 Å². The van der Waals surface area contributed by atoms with Crippen molar-refractivity contribution in [3.63, 3.8) is 0 Å². The Morgan fingerprint density at radius 2 is 1.60 bits per heavy atom. The fourth-order valence-electron chi connectivity index (χ4n) is 0.395. The molecule has 0 radical (unpaired) electrons. The summed E-state index contributed by atoms with van der Waals surface area (Å²) in [6, 6.07) is 0. The summed E-state index contributed by atoms with van der Waals surface area (Å²) in [7, 11) is 0. The van der Waals surface area contributed by atoms with E-state index in [2.05, 4.69) is 0 Å². The van der Waals surface area contributed by atoms with E-state index in [4.69, 9.17) is 0 Å². The quantitative estimate of drug-likeness (QED) is 0.421. The Hall–Kier alpha value is 0.494. The summed E-state index contributed by atoms with van der Waals surface area (Å²) in [6.07, 6.45) is 2.94. The topological polar surface area (TPSA) is 0 Å². The Kier molecular flexibility index (Phi) is 1.34. The summed E-state index contributed by atoms with van der Waals surface area (Å²) in [5, 5.41) is 2.88. The van der Waals surface area contributed by atoms with E-state index < -0.39 is 0 Å². The molecule has 0 amide bonds. The molecule has 1 rings (SSSR count). The van der Waals surface area contributed by atoms with Gasteiger partial charge in [-0.3, -0.25) is 0 Å². The molecule has 5 heavy (non-hydrogen) atoms. The third-order valence-corrected chi connectivity index (χ3v) is 2.09. The fourth-order valence-corrected chi connectivity index (χ4v) is 1.63. The van der Waals surface area contributed by atoms with Crippen LogP contribution in [0, 0.1) is 0 Å². The van der Waals surface area contributed by atoms with Gasteiger partial charge < -0.3 is 0 Å². The maximum absolute atomic E-state index is 1.93. The molecule has 1 aliphatic heterocycles. The summed E-state index contributed by atoms with van der Waals surface area (Å²) in [5.41, 5.74) is 0. The molecule has 0 aromatic carbocycles. The zero-order valence-electron chi connectivity index (χ0n) is 3.14. The second kappa shape index (κ2) is 1.82. The van der Waals surface area contributed by atoms with Crippen LogP contribution in [0.25, 0.3) is 0 Å². The summed E-state index contributed by atoms with van der Waals surface area (Å²) in [4.78, 5) is 0. The Labute approximate surface area is 38.8 Å². The van der Waals surface area contributed by atoms with Crippen LogP contribution in [0.3, 0.4) is 0 Å². The van der Waals surface area contributed by atoms with Gasteiger partial charge in [-0.2, -0.15) is 0 Å². The van der Waals surface area contributed by atoms with Gasteiger partial charge in [0.1, 0.15) is 0 Å². The van der Waals surface area contributed by atoms with Crippen molar-refractivity contribution >= 4 is 0 Å². The van der Waals surface area contributed by atoms with Gasteiger partial charge >= 0.3 is 38.1 Å². The average molecular weight is 115 g/mol. The molecule has 0 aromatic heterocycles. The first-order valence-electron chi connectivity index (χ1n) is 1.95. The van der Waals surface area contributed by atoms with Gasteiger partial charge in [-0.15, -0.1) is 0 Å². The van der Waals surface area contributed by atoms with Crippen LogP contribution in [0.1, 0.15) is 12.8 Å². The van der Waals surface area contributed by atoms with Gasteiger partial charge in [-0.25, -0.2) is 0 Å². The molecular weight excluding hydrogens is 107 g/mol. The predicted molar refractivity (Wildman–Crippen MR) is 18.8 cm³/mol. The number of rotatable bonds is 0. The van der Waals surface area contributed by atoms with Gasteiger partial charge in [-0.1, -0.05) is 0 Å². The van der Waals surface area contributed by atoms with Crippen molar-refractivity contribution in [1.82, 2.24) is 0 Å². The standard InChI is InChI=1S/C4H8.Ni/c1-3-4-2;/h1-4H2;. The van der Waals surface area contributed by atoms with Crippen LogP contribution in [-0.4, -0.2) is 0 Å². The Bertz CT molecular complexity index is 15.2. The molecule has 1 heterocycles. The van der Waals surface area contributed by atoms with Crippen molar-refractivity contribution in [2.75, 3.05) is 0 Å². The summed E-state index contributed by atoms with van der Waals surface area (Å²) in [6.45, 7) is 0. The Balaban J connectivity index is 2.08.